The lowest BCUT2D eigenvalue weighted by Gasteiger charge is -2.19. The van der Waals surface area contributed by atoms with Crippen molar-refractivity contribution in [2.24, 2.45) is 5.92 Å². The van der Waals surface area contributed by atoms with E-state index in [1.807, 2.05) is 31.2 Å². The minimum atomic E-state index is 0.0250. The summed E-state index contributed by atoms with van der Waals surface area (Å²) in [5, 5.41) is 2.95. The van der Waals surface area contributed by atoms with Gasteiger partial charge in [0.2, 0.25) is 5.91 Å². The topological polar surface area (TPSA) is 29.1 Å². The number of hydrogen-bond acceptors (Lipinski definition) is 1. The lowest BCUT2D eigenvalue weighted by molar-refractivity contribution is -0.120. The maximum Gasteiger partial charge on any atom is 0.224 e. The predicted octanol–water partition coefficient (Wildman–Crippen LogP) is 3.70. The Morgan fingerprint density at radius 2 is 1.79 bits per heavy atom. The van der Waals surface area contributed by atoms with Crippen LogP contribution in [0.15, 0.2) is 24.3 Å². The number of aryl methyl sites for hydroxylation is 1. The van der Waals surface area contributed by atoms with Crippen LogP contribution in [-0.4, -0.2) is 17.8 Å². The van der Waals surface area contributed by atoms with E-state index in [1.54, 1.807) is 0 Å². The second-order valence-corrected chi connectivity index (χ2v) is 5.62. The smallest absolute Gasteiger partial charge is 0.224 e. The number of carbonyl (C=O) groups is 1. The molecule has 1 atom stereocenters. The van der Waals surface area contributed by atoms with E-state index < -0.39 is 0 Å². The number of halogens is 1. The Hall–Kier alpha value is -1.02. The Labute approximate surface area is 121 Å². The Bertz CT molecular complexity index is 384. The number of rotatable bonds is 7. The standard InChI is InChI=1S/C16H24ClNO/c1-4-14(5-2)15(17)11-18-16(19)10-13-8-6-12(3)7-9-13/h6-9,14-15H,4-5,10-11H2,1-3H3,(H,18,19). The fourth-order valence-electron chi connectivity index (χ4n) is 2.13. The molecule has 0 aliphatic heterocycles. The van der Waals surface area contributed by atoms with Gasteiger partial charge in [-0.15, -0.1) is 11.6 Å². The van der Waals surface area contributed by atoms with Gasteiger partial charge < -0.3 is 5.32 Å². The molecule has 106 valence electrons. The molecule has 3 heteroatoms. The molecule has 0 aliphatic rings. The monoisotopic (exact) mass is 281 g/mol. The van der Waals surface area contributed by atoms with Gasteiger partial charge in [0, 0.05) is 6.54 Å². The van der Waals surface area contributed by atoms with Crippen LogP contribution in [0.25, 0.3) is 0 Å². The van der Waals surface area contributed by atoms with Gasteiger partial charge in [-0.3, -0.25) is 4.79 Å². The molecule has 0 heterocycles. The Kier molecular flexibility index (Phi) is 6.93. The molecule has 0 saturated carbocycles. The molecular weight excluding hydrogens is 258 g/mol. The molecule has 1 amide bonds. The van der Waals surface area contributed by atoms with Crippen LogP contribution in [0.2, 0.25) is 0 Å². The maximum atomic E-state index is 11.8. The zero-order valence-electron chi connectivity index (χ0n) is 12.1. The normalized spacial score (nSPS) is 12.5. The molecule has 1 N–H and O–H groups in total. The molecule has 0 saturated heterocycles. The van der Waals surface area contributed by atoms with E-state index in [-0.39, 0.29) is 11.3 Å². The van der Waals surface area contributed by atoms with Crippen molar-refractivity contribution in [3.63, 3.8) is 0 Å². The molecule has 1 aromatic carbocycles. The summed E-state index contributed by atoms with van der Waals surface area (Å²) in [6.45, 7) is 6.87. The Balaban J connectivity index is 2.37. The summed E-state index contributed by atoms with van der Waals surface area (Å²) in [4.78, 5) is 11.8. The van der Waals surface area contributed by atoms with Crippen LogP contribution >= 0.6 is 11.6 Å². The van der Waals surface area contributed by atoms with Gasteiger partial charge in [-0.2, -0.15) is 0 Å². The third-order valence-corrected chi connectivity index (χ3v) is 4.05. The van der Waals surface area contributed by atoms with Crippen LogP contribution < -0.4 is 5.32 Å². The first-order chi connectivity index (χ1) is 9.06. The zero-order valence-corrected chi connectivity index (χ0v) is 12.8. The van der Waals surface area contributed by atoms with E-state index in [4.69, 9.17) is 11.6 Å². The molecule has 0 aromatic heterocycles. The van der Waals surface area contributed by atoms with Crippen LogP contribution in [0.4, 0.5) is 0 Å². The fourth-order valence-corrected chi connectivity index (χ4v) is 2.57. The van der Waals surface area contributed by atoms with E-state index in [0.717, 1.165) is 18.4 Å². The van der Waals surface area contributed by atoms with E-state index >= 15 is 0 Å². The minimum absolute atomic E-state index is 0.0250. The van der Waals surface area contributed by atoms with Crippen molar-refractivity contribution in [3.8, 4) is 0 Å². The average Bonchev–Trinajstić information content (AvgIpc) is 2.40. The Morgan fingerprint density at radius 3 is 2.32 bits per heavy atom. The summed E-state index contributed by atoms with van der Waals surface area (Å²) < 4.78 is 0. The van der Waals surface area contributed by atoms with E-state index in [9.17, 15) is 4.79 Å². The van der Waals surface area contributed by atoms with Gasteiger partial charge in [0.15, 0.2) is 0 Å². The van der Waals surface area contributed by atoms with Gasteiger partial charge in [0.05, 0.1) is 11.8 Å². The summed E-state index contributed by atoms with van der Waals surface area (Å²) >= 11 is 6.30. The summed E-state index contributed by atoms with van der Waals surface area (Å²) in [6.07, 6.45) is 2.53. The second-order valence-electron chi connectivity index (χ2n) is 5.06. The molecular formula is C16H24ClNO. The molecule has 0 aliphatic carbocycles. The molecule has 2 nitrogen and oxygen atoms in total. The van der Waals surface area contributed by atoms with Gasteiger partial charge in [0.25, 0.3) is 0 Å². The number of carbonyl (C=O) groups excluding carboxylic acids is 1. The molecule has 1 aromatic rings. The van der Waals surface area contributed by atoms with Gasteiger partial charge in [-0.1, -0.05) is 56.5 Å². The largest absolute Gasteiger partial charge is 0.354 e. The van der Waals surface area contributed by atoms with Crippen molar-refractivity contribution >= 4 is 17.5 Å². The molecule has 1 rings (SSSR count). The highest BCUT2D eigenvalue weighted by Gasteiger charge is 2.16. The van der Waals surface area contributed by atoms with Crippen molar-refractivity contribution in [1.29, 1.82) is 0 Å². The summed E-state index contributed by atoms with van der Waals surface area (Å²) in [5.41, 5.74) is 2.25. The highest BCUT2D eigenvalue weighted by molar-refractivity contribution is 6.21. The van der Waals surface area contributed by atoms with Crippen LogP contribution in [0.5, 0.6) is 0 Å². The van der Waals surface area contributed by atoms with E-state index in [2.05, 4.69) is 19.2 Å². The molecule has 0 radical (unpaired) electrons. The highest BCUT2D eigenvalue weighted by atomic mass is 35.5. The first-order valence-electron chi connectivity index (χ1n) is 7.03. The second kappa shape index (κ2) is 8.21. The molecule has 0 bridgehead atoms. The van der Waals surface area contributed by atoms with Crippen LogP contribution in [0, 0.1) is 12.8 Å². The number of nitrogens with one attached hydrogen (secondary N) is 1. The molecule has 0 spiro atoms. The van der Waals surface area contributed by atoms with Crippen LogP contribution in [0.3, 0.4) is 0 Å². The predicted molar refractivity (Wildman–Crippen MR) is 81.6 cm³/mol. The van der Waals surface area contributed by atoms with Crippen molar-refractivity contribution in [2.75, 3.05) is 6.54 Å². The van der Waals surface area contributed by atoms with Gasteiger partial charge in [0.1, 0.15) is 0 Å². The fraction of sp³-hybridized carbons (Fsp3) is 0.562. The minimum Gasteiger partial charge on any atom is -0.354 e. The van der Waals surface area contributed by atoms with Crippen molar-refractivity contribution in [3.05, 3.63) is 35.4 Å². The molecule has 19 heavy (non-hydrogen) atoms. The third-order valence-electron chi connectivity index (χ3n) is 3.54. The summed E-state index contributed by atoms with van der Waals surface area (Å²) in [6, 6.07) is 8.04. The van der Waals surface area contributed by atoms with E-state index in [1.165, 1.54) is 5.56 Å². The average molecular weight is 282 g/mol. The zero-order chi connectivity index (χ0) is 14.3. The lowest BCUT2D eigenvalue weighted by atomic mass is 9.99. The Morgan fingerprint density at radius 1 is 1.21 bits per heavy atom. The number of alkyl halides is 1. The number of benzene rings is 1. The quantitative estimate of drug-likeness (QED) is 0.759. The highest BCUT2D eigenvalue weighted by Crippen LogP contribution is 2.17. The van der Waals surface area contributed by atoms with Gasteiger partial charge in [-0.05, 0) is 18.4 Å². The summed E-state index contributed by atoms with van der Waals surface area (Å²) in [7, 11) is 0. The third kappa shape index (κ3) is 5.65. The van der Waals surface area contributed by atoms with Crippen LogP contribution in [-0.2, 0) is 11.2 Å². The van der Waals surface area contributed by atoms with Gasteiger partial charge >= 0.3 is 0 Å². The number of amides is 1. The van der Waals surface area contributed by atoms with Gasteiger partial charge in [-0.25, -0.2) is 0 Å². The number of hydrogen-bond donors (Lipinski definition) is 1. The lowest BCUT2D eigenvalue weighted by Crippen LogP contribution is -2.34. The SMILES string of the molecule is CCC(CC)C(Cl)CNC(=O)Cc1ccc(C)cc1. The first-order valence-corrected chi connectivity index (χ1v) is 7.46. The van der Waals surface area contributed by atoms with Crippen LogP contribution in [0.1, 0.15) is 37.8 Å². The summed E-state index contributed by atoms with van der Waals surface area (Å²) in [5.74, 6) is 0.516. The van der Waals surface area contributed by atoms with E-state index in [0.29, 0.717) is 18.9 Å². The van der Waals surface area contributed by atoms with Crippen molar-refractivity contribution in [2.45, 2.75) is 45.4 Å². The molecule has 1 unspecified atom stereocenters. The van der Waals surface area contributed by atoms with Crippen molar-refractivity contribution < 1.29 is 4.79 Å². The molecule has 0 fully saturated rings. The first kappa shape index (κ1) is 16.0. The maximum absolute atomic E-state index is 11.8. The van der Waals surface area contributed by atoms with Crippen molar-refractivity contribution in [1.82, 2.24) is 5.32 Å².